The molecule has 0 amide bonds. The molecular formula is C18H24N4OS. The molecule has 2 heterocycles. The van der Waals surface area contributed by atoms with Crippen molar-refractivity contribution >= 4 is 17.3 Å². The van der Waals surface area contributed by atoms with E-state index in [-0.39, 0.29) is 6.10 Å². The van der Waals surface area contributed by atoms with Gasteiger partial charge in [0.05, 0.1) is 17.2 Å². The van der Waals surface area contributed by atoms with Crippen LogP contribution in [-0.2, 0) is 12.8 Å². The number of guanidine groups is 1. The second kappa shape index (κ2) is 7.66. The molecule has 0 spiro atoms. The van der Waals surface area contributed by atoms with Crippen molar-refractivity contribution in [1.29, 1.82) is 0 Å². The summed E-state index contributed by atoms with van der Waals surface area (Å²) in [4.78, 5) is 10.1. The molecule has 0 saturated carbocycles. The van der Waals surface area contributed by atoms with Crippen molar-refractivity contribution in [3.05, 3.63) is 45.4 Å². The SMILES string of the molecule is CN=C(NCCc1nc(C)c(C)s1)NCC1Cc2ccccc2O1. The number of aryl methyl sites for hydroxylation is 2. The first-order chi connectivity index (χ1) is 11.7. The Morgan fingerprint density at radius 1 is 1.33 bits per heavy atom. The van der Waals surface area contributed by atoms with Gasteiger partial charge >= 0.3 is 0 Å². The van der Waals surface area contributed by atoms with E-state index >= 15 is 0 Å². The number of aliphatic imine (C=N–C) groups is 1. The van der Waals surface area contributed by atoms with Crippen LogP contribution in [0.4, 0.5) is 0 Å². The van der Waals surface area contributed by atoms with Gasteiger partial charge in [-0.25, -0.2) is 4.98 Å². The summed E-state index contributed by atoms with van der Waals surface area (Å²) in [6, 6.07) is 8.22. The standard InChI is InChI=1S/C18H24N4OS/c1-12-13(2)24-17(22-12)8-9-20-18(19-3)21-11-15-10-14-6-4-5-7-16(14)23-15/h4-7,15H,8-11H2,1-3H3,(H2,19,20,21). The molecule has 0 aliphatic carbocycles. The zero-order chi connectivity index (χ0) is 16.9. The molecule has 6 heteroatoms. The number of thiazole rings is 1. The Morgan fingerprint density at radius 2 is 2.17 bits per heavy atom. The Hall–Kier alpha value is -2.08. The zero-order valence-electron chi connectivity index (χ0n) is 14.4. The fraction of sp³-hybridized carbons (Fsp3) is 0.444. The molecule has 0 fully saturated rings. The molecule has 0 radical (unpaired) electrons. The predicted molar refractivity (Wildman–Crippen MR) is 99.2 cm³/mol. The van der Waals surface area contributed by atoms with Crippen molar-refractivity contribution in [2.75, 3.05) is 20.1 Å². The zero-order valence-corrected chi connectivity index (χ0v) is 15.2. The predicted octanol–water partition coefficient (Wildman–Crippen LogP) is 2.47. The highest BCUT2D eigenvalue weighted by atomic mass is 32.1. The maximum atomic E-state index is 5.94. The van der Waals surface area contributed by atoms with Gasteiger partial charge < -0.3 is 15.4 Å². The van der Waals surface area contributed by atoms with Crippen LogP contribution in [0.5, 0.6) is 5.75 Å². The summed E-state index contributed by atoms with van der Waals surface area (Å²) in [5.74, 6) is 1.81. The van der Waals surface area contributed by atoms with Gasteiger partial charge in [-0.15, -0.1) is 11.3 Å². The number of para-hydroxylation sites is 1. The number of nitrogens with one attached hydrogen (secondary N) is 2. The molecule has 0 bridgehead atoms. The van der Waals surface area contributed by atoms with E-state index in [2.05, 4.69) is 46.6 Å². The van der Waals surface area contributed by atoms with E-state index in [1.165, 1.54) is 15.4 Å². The van der Waals surface area contributed by atoms with Crippen LogP contribution in [0.1, 0.15) is 21.1 Å². The Balaban J connectivity index is 1.41. The molecule has 1 aromatic heterocycles. The minimum atomic E-state index is 0.158. The van der Waals surface area contributed by atoms with Crippen LogP contribution < -0.4 is 15.4 Å². The van der Waals surface area contributed by atoms with Crippen LogP contribution in [0.15, 0.2) is 29.3 Å². The van der Waals surface area contributed by atoms with Gasteiger partial charge in [-0.3, -0.25) is 4.99 Å². The monoisotopic (exact) mass is 344 g/mol. The number of ether oxygens (including phenoxy) is 1. The normalized spacial score (nSPS) is 16.6. The third kappa shape index (κ3) is 4.06. The van der Waals surface area contributed by atoms with Crippen molar-refractivity contribution in [1.82, 2.24) is 15.6 Å². The fourth-order valence-corrected chi connectivity index (χ4v) is 3.67. The van der Waals surface area contributed by atoms with Gasteiger partial charge in [0.2, 0.25) is 0 Å². The number of rotatable bonds is 5. The third-order valence-corrected chi connectivity index (χ3v) is 5.27. The summed E-state index contributed by atoms with van der Waals surface area (Å²) in [7, 11) is 1.79. The molecule has 1 aliphatic heterocycles. The van der Waals surface area contributed by atoms with E-state index in [0.29, 0.717) is 0 Å². The molecule has 0 saturated heterocycles. The maximum Gasteiger partial charge on any atom is 0.191 e. The smallest absolute Gasteiger partial charge is 0.191 e. The molecule has 128 valence electrons. The number of nitrogens with zero attached hydrogens (tertiary/aromatic N) is 2. The first kappa shape index (κ1) is 16.8. The molecule has 3 rings (SSSR count). The lowest BCUT2D eigenvalue weighted by Crippen LogP contribution is -2.42. The number of fused-ring (bicyclic) bond motifs is 1. The van der Waals surface area contributed by atoms with Crippen molar-refractivity contribution in [2.24, 2.45) is 4.99 Å². The van der Waals surface area contributed by atoms with Gasteiger partial charge in [-0.05, 0) is 25.5 Å². The van der Waals surface area contributed by atoms with Crippen molar-refractivity contribution < 1.29 is 4.74 Å². The number of aromatic nitrogens is 1. The summed E-state index contributed by atoms with van der Waals surface area (Å²) in [5, 5.41) is 7.86. The average Bonchev–Trinajstić information content (AvgIpc) is 3.13. The molecule has 2 aromatic rings. The minimum Gasteiger partial charge on any atom is -0.488 e. The summed E-state index contributed by atoms with van der Waals surface area (Å²) in [5.41, 5.74) is 2.41. The Bertz CT molecular complexity index is 681. The minimum absolute atomic E-state index is 0.158. The Labute approximate surface area is 147 Å². The van der Waals surface area contributed by atoms with Crippen LogP contribution >= 0.6 is 11.3 Å². The highest BCUT2D eigenvalue weighted by Crippen LogP contribution is 2.27. The Kier molecular flexibility index (Phi) is 5.35. The second-order valence-electron chi connectivity index (χ2n) is 5.93. The number of benzene rings is 1. The molecule has 1 unspecified atom stereocenters. The lowest BCUT2D eigenvalue weighted by Gasteiger charge is -2.15. The highest BCUT2D eigenvalue weighted by Gasteiger charge is 2.22. The van der Waals surface area contributed by atoms with E-state index in [9.17, 15) is 0 Å². The van der Waals surface area contributed by atoms with E-state index in [4.69, 9.17) is 4.74 Å². The third-order valence-electron chi connectivity index (χ3n) is 4.14. The second-order valence-corrected chi connectivity index (χ2v) is 7.22. The molecule has 5 nitrogen and oxygen atoms in total. The fourth-order valence-electron chi connectivity index (χ4n) is 2.73. The van der Waals surface area contributed by atoms with E-state index in [1.807, 2.05) is 12.1 Å². The first-order valence-corrected chi connectivity index (χ1v) is 9.09. The summed E-state index contributed by atoms with van der Waals surface area (Å²) < 4.78 is 5.94. The van der Waals surface area contributed by atoms with Crippen LogP contribution in [0.3, 0.4) is 0 Å². The quantitative estimate of drug-likeness (QED) is 0.646. The van der Waals surface area contributed by atoms with Gasteiger partial charge in [0.25, 0.3) is 0 Å². The van der Waals surface area contributed by atoms with Crippen molar-refractivity contribution in [3.8, 4) is 5.75 Å². The molecular weight excluding hydrogens is 320 g/mol. The van der Waals surface area contributed by atoms with E-state index in [1.54, 1.807) is 18.4 Å². The van der Waals surface area contributed by atoms with Gasteiger partial charge in [0.15, 0.2) is 5.96 Å². The molecule has 1 atom stereocenters. The number of hydrogen-bond donors (Lipinski definition) is 2. The lowest BCUT2D eigenvalue weighted by atomic mass is 10.1. The highest BCUT2D eigenvalue weighted by molar-refractivity contribution is 7.11. The lowest BCUT2D eigenvalue weighted by molar-refractivity contribution is 0.235. The van der Waals surface area contributed by atoms with Gasteiger partial charge in [0, 0.05) is 31.3 Å². The van der Waals surface area contributed by atoms with Crippen LogP contribution in [0.2, 0.25) is 0 Å². The van der Waals surface area contributed by atoms with Crippen molar-refractivity contribution in [2.45, 2.75) is 32.8 Å². The van der Waals surface area contributed by atoms with E-state index in [0.717, 1.165) is 43.3 Å². The molecule has 1 aliphatic rings. The largest absolute Gasteiger partial charge is 0.488 e. The summed E-state index contributed by atoms with van der Waals surface area (Å²) in [6.07, 6.45) is 2.01. The first-order valence-electron chi connectivity index (χ1n) is 8.27. The van der Waals surface area contributed by atoms with E-state index < -0.39 is 0 Å². The van der Waals surface area contributed by atoms with Crippen LogP contribution in [0, 0.1) is 13.8 Å². The average molecular weight is 344 g/mol. The van der Waals surface area contributed by atoms with Gasteiger partial charge in [-0.2, -0.15) is 0 Å². The van der Waals surface area contributed by atoms with Gasteiger partial charge in [0.1, 0.15) is 11.9 Å². The molecule has 24 heavy (non-hydrogen) atoms. The summed E-state index contributed by atoms with van der Waals surface area (Å²) in [6.45, 7) is 5.73. The topological polar surface area (TPSA) is 58.5 Å². The molecule has 1 aromatic carbocycles. The molecule has 2 N–H and O–H groups in total. The van der Waals surface area contributed by atoms with Crippen LogP contribution in [-0.4, -0.2) is 37.2 Å². The summed E-state index contributed by atoms with van der Waals surface area (Å²) >= 11 is 1.77. The maximum absolute atomic E-state index is 5.94. The number of hydrogen-bond acceptors (Lipinski definition) is 4. The Morgan fingerprint density at radius 3 is 2.88 bits per heavy atom. The van der Waals surface area contributed by atoms with Crippen molar-refractivity contribution in [3.63, 3.8) is 0 Å². The van der Waals surface area contributed by atoms with Gasteiger partial charge in [-0.1, -0.05) is 18.2 Å². The van der Waals surface area contributed by atoms with Crippen LogP contribution in [0.25, 0.3) is 0 Å².